The monoisotopic (exact) mass is 340 g/mol. The van der Waals surface area contributed by atoms with Crippen molar-refractivity contribution in [3.05, 3.63) is 34.3 Å². The molecule has 1 aliphatic heterocycles. The van der Waals surface area contributed by atoms with E-state index >= 15 is 0 Å². The van der Waals surface area contributed by atoms with Crippen molar-refractivity contribution in [1.82, 2.24) is 10.2 Å². The molecule has 1 N–H and O–H groups in total. The van der Waals surface area contributed by atoms with Crippen LogP contribution in [0.1, 0.15) is 32.4 Å². The fourth-order valence-electron chi connectivity index (χ4n) is 2.58. The van der Waals surface area contributed by atoms with E-state index in [1.54, 1.807) is 0 Å². The molecule has 1 unspecified atom stereocenters. The van der Waals surface area contributed by atoms with E-state index < -0.39 is 0 Å². The quantitative estimate of drug-likeness (QED) is 0.890. The third kappa shape index (κ3) is 4.29. The van der Waals surface area contributed by atoms with E-state index in [0.717, 1.165) is 37.3 Å². The number of benzene rings is 1. The van der Waals surface area contributed by atoms with Crippen molar-refractivity contribution in [2.45, 2.75) is 32.4 Å². The first-order valence-corrected chi connectivity index (χ1v) is 8.10. The highest BCUT2D eigenvalue weighted by Gasteiger charge is 2.28. The molecular formula is C16H25BrN2O. The third-order valence-corrected chi connectivity index (χ3v) is 4.55. The molecule has 4 heteroatoms. The van der Waals surface area contributed by atoms with Gasteiger partial charge >= 0.3 is 0 Å². The van der Waals surface area contributed by atoms with Gasteiger partial charge in [0.15, 0.2) is 0 Å². The minimum absolute atomic E-state index is 0.157. The molecular weight excluding hydrogens is 316 g/mol. The topological polar surface area (TPSA) is 24.5 Å². The zero-order chi connectivity index (χ0) is 14.6. The smallest absolute Gasteiger partial charge is 0.0594 e. The van der Waals surface area contributed by atoms with Crippen LogP contribution < -0.4 is 5.32 Å². The Morgan fingerprint density at radius 2 is 2.05 bits per heavy atom. The second kappa shape index (κ2) is 7.03. The maximum Gasteiger partial charge on any atom is 0.0594 e. The van der Waals surface area contributed by atoms with E-state index in [2.05, 4.69) is 71.2 Å². The Morgan fingerprint density at radius 3 is 2.70 bits per heavy atom. The molecule has 1 heterocycles. The van der Waals surface area contributed by atoms with Gasteiger partial charge in [-0.1, -0.05) is 28.1 Å². The van der Waals surface area contributed by atoms with E-state index in [4.69, 9.17) is 4.74 Å². The first-order chi connectivity index (χ1) is 9.49. The molecule has 1 saturated heterocycles. The number of morpholine rings is 1. The summed E-state index contributed by atoms with van der Waals surface area (Å²) < 4.78 is 6.57. The number of hydrogen-bond acceptors (Lipinski definition) is 3. The predicted octanol–water partition coefficient (Wildman–Crippen LogP) is 3.21. The molecule has 0 bridgehead atoms. The van der Waals surface area contributed by atoms with Gasteiger partial charge in [0.1, 0.15) is 0 Å². The highest BCUT2D eigenvalue weighted by Crippen LogP contribution is 2.20. The lowest BCUT2D eigenvalue weighted by Crippen LogP contribution is -2.54. The van der Waals surface area contributed by atoms with E-state index in [9.17, 15) is 0 Å². The maximum atomic E-state index is 5.44. The van der Waals surface area contributed by atoms with Gasteiger partial charge in [-0.05, 0) is 38.5 Å². The Kier molecular flexibility index (Phi) is 5.61. The number of hydrogen-bond donors (Lipinski definition) is 1. The van der Waals surface area contributed by atoms with Crippen LogP contribution in [0.25, 0.3) is 0 Å². The number of halogens is 1. The van der Waals surface area contributed by atoms with E-state index in [0.29, 0.717) is 6.04 Å². The van der Waals surface area contributed by atoms with Crippen molar-refractivity contribution in [2.75, 3.05) is 32.8 Å². The van der Waals surface area contributed by atoms with Crippen molar-refractivity contribution >= 4 is 15.9 Å². The molecule has 1 aromatic rings. The van der Waals surface area contributed by atoms with Crippen LogP contribution in [0.15, 0.2) is 28.7 Å². The van der Waals surface area contributed by atoms with Gasteiger partial charge in [0.2, 0.25) is 0 Å². The van der Waals surface area contributed by atoms with Crippen LogP contribution >= 0.6 is 15.9 Å². The molecule has 112 valence electrons. The minimum atomic E-state index is 0.157. The SMILES string of the molecule is CC(NCC(C)(C)N1CCOCC1)c1cccc(Br)c1. The summed E-state index contributed by atoms with van der Waals surface area (Å²) >= 11 is 3.53. The molecule has 0 spiro atoms. The zero-order valence-electron chi connectivity index (χ0n) is 12.7. The van der Waals surface area contributed by atoms with Crippen LogP contribution in [-0.4, -0.2) is 43.3 Å². The molecule has 3 nitrogen and oxygen atoms in total. The number of nitrogens with zero attached hydrogens (tertiary/aromatic N) is 1. The van der Waals surface area contributed by atoms with Gasteiger partial charge in [0, 0.05) is 35.7 Å². The molecule has 1 atom stereocenters. The Labute approximate surface area is 130 Å². The van der Waals surface area contributed by atoms with Gasteiger partial charge in [-0.3, -0.25) is 4.90 Å². The average Bonchev–Trinajstić information content (AvgIpc) is 2.46. The fraction of sp³-hybridized carbons (Fsp3) is 0.625. The van der Waals surface area contributed by atoms with Gasteiger partial charge in [-0.2, -0.15) is 0 Å². The van der Waals surface area contributed by atoms with E-state index in [-0.39, 0.29) is 5.54 Å². The molecule has 0 aliphatic carbocycles. The predicted molar refractivity (Wildman–Crippen MR) is 87.0 cm³/mol. The molecule has 20 heavy (non-hydrogen) atoms. The molecule has 0 saturated carbocycles. The lowest BCUT2D eigenvalue weighted by Gasteiger charge is -2.41. The van der Waals surface area contributed by atoms with Crippen LogP contribution in [0.3, 0.4) is 0 Å². The number of rotatable bonds is 5. The van der Waals surface area contributed by atoms with Crippen molar-refractivity contribution in [1.29, 1.82) is 0 Å². The highest BCUT2D eigenvalue weighted by molar-refractivity contribution is 9.10. The number of nitrogens with one attached hydrogen (secondary N) is 1. The molecule has 2 rings (SSSR count). The first kappa shape index (κ1) is 16.0. The van der Waals surface area contributed by atoms with Crippen molar-refractivity contribution in [3.63, 3.8) is 0 Å². The standard InChI is InChI=1S/C16H25BrN2O/c1-13(14-5-4-6-15(17)11-14)18-12-16(2,3)19-7-9-20-10-8-19/h4-6,11,13,18H,7-10,12H2,1-3H3. The summed E-state index contributed by atoms with van der Waals surface area (Å²) in [6.07, 6.45) is 0. The molecule has 0 aromatic heterocycles. The summed E-state index contributed by atoms with van der Waals surface area (Å²) in [7, 11) is 0. The fourth-order valence-corrected chi connectivity index (χ4v) is 2.99. The van der Waals surface area contributed by atoms with Crippen molar-refractivity contribution < 1.29 is 4.74 Å². The Bertz CT molecular complexity index is 430. The van der Waals surface area contributed by atoms with Crippen LogP contribution in [0.2, 0.25) is 0 Å². The molecule has 1 fully saturated rings. The van der Waals surface area contributed by atoms with Gasteiger partial charge in [-0.25, -0.2) is 0 Å². The van der Waals surface area contributed by atoms with Crippen LogP contribution in [0.5, 0.6) is 0 Å². The average molecular weight is 341 g/mol. The molecule has 0 radical (unpaired) electrons. The van der Waals surface area contributed by atoms with E-state index in [1.807, 2.05) is 0 Å². The summed E-state index contributed by atoms with van der Waals surface area (Å²) in [5.74, 6) is 0. The molecule has 0 amide bonds. The van der Waals surface area contributed by atoms with Crippen LogP contribution in [-0.2, 0) is 4.74 Å². The second-order valence-corrected chi connectivity index (χ2v) is 6.99. The van der Waals surface area contributed by atoms with Gasteiger partial charge < -0.3 is 10.1 Å². The normalized spacial score (nSPS) is 19.0. The molecule has 1 aromatic carbocycles. The minimum Gasteiger partial charge on any atom is -0.379 e. The Hall–Kier alpha value is -0.420. The van der Waals surface area contributed by atoms with Gasteiger partial charge in [0.05, 0.1) is 13.2 Å². The Morgan fingerprint density at radius 1 is 1.35 bits per heavy atom. The summed E-state index contributed by atoms with van der Waals surface area (Å²) in [5, 5.41) is 3.66. The van der Waals surface area contributed by atoms with Gasteiger partial charge in [0.25, 0.3) is 0 Å². The third-order valence-electron chi connectivity index (χ3n) is 4.06. The summed E-state index contributed by atoms with van der Waals surface area (Å²) in [6.45, 7) is 11.6. The summed E-state index contributed by atoms with van der Waals surface area (Å²) in [6, 6.07) is 8.86. The first-order valence-electron chi connectivity index (χ1n) is 7.31. The second-order valence-electron chi connectivity index (χ2n) is 6.07. The van der Waals surface area contributed by atoms with E-state index in [1.165, 1.54) is 5.56 Å². The van der Waals surface area contributed by atoms with Gasteiger partial charge in [-0.15, -0.1) is 0 Å². The number of ether oxygens (including phenoxy) is 1. The van der Waals surface area contributed by atoms with Crippen molar-refractivity contribution in [3.8, 4) is 0 Å². The summed E-state index contributed by atoms with van der Waals surface area (Å²) in [4.78, 5) is 2.51. The maximum absolute atomic E-state index is 5.44. The highest BCUT2D eigenvalue weighted by atomic mass is 79.9. The Balaban J connectivity index is 1.90. The van der Waals surface area contributed by atoms with Crippen molar-refractivity contribution in [2.24, 2.45) is 0 Å². The largest absolute Gasteiger partial charge is 0.379 e. The van der Waals surface area contributed by atoms with Crippen LogP contribution in [0.4, 0.5) is 0 Å². The lowest BCUT2D eigenvalue weighted by atomic mass is 10.0. The van der Waals surface area contributed by atoms with Crippen LogP contribution in [0, 0.1) is 0 Å². The molecule has 1 aliphatic rings. The zero-order valence-corrected chi connectivity index (χ0v) is 14.2. The summed E-state index contributed by atoms with van der Waals surface area (Å²) in [5.41, 5.74) is 1.47. The lowest BCUT2D eigenvalue weighted by molar-refractivity contribution is -0.0102.